The first-order chi connectivity index (χ1) is 10.0. The molecule has 21 heavy (non-hydrogen) atoms. The maximum absolute atomic E-state index is 13.5. The number of rotatable bonds is 5. The normalized spacial score (nSPS) is 12.4. The second kappa shape index (κ2) is 7.65. The summed E-state index contributed by atoms with van der Waals surface area (Å²) in [4.78, 5) is 0. The summed E-state index contributed by atoms with van der Waals surface area (Å²) < 4.78 is 29.0. The minimum absolute atomic E-state index is 0.251. The van der Waals surface area contributed by atoms with Crippen molar-refractivity contribution >= 4 is 38.5 Å². The summed E-state index contributed by atoms with van der Waals surface area (Å²) in [5, 5.41) is 3.36. The zero-order chi connectivity index (χ0) is 15.4. The van der Waals surface area contributed by atoms with E-state index in [-0.39, 0.29) is 6.04 Å². The van der Waals surface area contributed by atoms with Crippen LogP contribution in [0.25, 0.3) is 0 Å². The summed E-state index contributed by atoms with van der Waals surface area (Å²) in [6.45, 7) is 2.82. The minimum Gasteiger partial charge on any atom is -0.306 e. The second-order valence-corrected chi connectivity index (χ2v) is 6.86. The van der Waals surface area contributed by atoms with E-state index in [2.05, 4.69) is 50.8 Å². The van der Waals surface area contributed by atoms with Gasteiger partial charge in [0.05, 0.1) is 6.04 Å². The zero-order valence-electron chi connectivity index (χ0n) is 11.5. The highest BCUT2D eigenvalue weighted by molar-refractivity contribution is 14.1. The number of hydrogen-bond acceptors (Lipinski definition) is 1. The van der Waals surface area contributed by atoms with Crippen LogP contribution in [0.3, 0.4) is 0 Å². The van der Waals surface area contributed by atoms with Gasteiger partial charge in [-0.1, -0.05) is 22.9 Å². The SMILES string of the molecule is CCCNC(c1cc(F)cc(F)c1)c1cc(I)ccc1Br. The molecule has 1 nitrogen and oxygen atoms in total. The van der Waals surface area contributed by atoms with E-state index in [1.807, 2.05) is 18.2 Å². The van der Waals surface area contributed by atoms with Gasteiger partial charge in [0.2, 0.25) is 0 Å². The Morgan fingerprint density at radius 2 is 1.81 bits per heavy atom. The number of nitrogens with one attached hydrogen (secondary N) is 1. The van der Waals surface area contributed by atoms with Crippen molar-refractivity contribution in [2.75, 3.05) is 6.54 Å². The molecule has 2 aromatic rings. The molecule has 1 N–H and O–H groups in total. The molecule has 1 unspecified atom stereocenters. The van der Waals surface area contributed by atoms with Crippen LogP contribution >= 0.6 is 38.5 Å². The summed E-state index contributed by atoms with van der Waals surface area (Å²) in [6, 6.07) is 9.35. The molecule has 0 bridgehead atoms. The van der Waals surface area contributed by atoms with Crippen LogP contribution in [0, 0.1) is 15.2 Å². The van der Waals surface area contributed by atoms with E-state index in [0.29, 0.717) is 5.56 Å². The van der Waals surface area contributed by atoms with E-state index in [9.17, 15) is 8.78 Å². The monoisotopic (exact) mass is 465 g/mol. The van der Waals surface area contributed by atoms with E-state index in [0.717, 1.165) is 32.6 Å². The lowest BCUT2D eigenvalue weighted by Gasteiger charge is -2.21. The third kappa shape index (κ3) is 4.47. The van der Waals surface area contributed by atoms with Crippen molar-refractivity contribution in [2.45, 2.75) is 19.4 Å². The van der Waals surface area contributed by atoms with Crippen molar-refractivity contribution in [3.05, 3.63) is 67.2 Å². The summed E-state index contributed by atoms with van der Waals surface area (Å²) in [5.41, 5.74) is 1.56. The summed E-state index contributed by atoms with van der Waals surface area (Å²) in [5.74, 6) is -1.12. The number of benzene rings is 2. The second-order valence-electron chi connectivity index (χ2n) is 4.76. The molecule has 5 heteroatoms. The van der Waals surface area contributed by atoms with Gasteiger partial charge in [0.15, 0.2) is 0 Å². The maximum atomic E-state index is 13.5. The van der Waals surface area contributed by atoms with E-state index in [1.165, 1.54) is 12.1 Å². The fraction of sp³-hybridized carbons (Fsp3) is 0.250. The molecule has 0 saturated heterocycles. The predicted octanol–water partition coefficient (Wildman–Crippen LogP) is 5.42. The van der Waals surface area contributed by atoms with Gasteiger partial charge in [-0.2, -0.15) is 0 Å². The van der Waals surface area contributed by atoms with Gasteiger partial charge in [0.1, 0.15) is 11.6 Å². The average molecular weight is 466 g/mol. The van der Waals surface area contributed by atoms with Crippen LogP contribution in [0.2, 0.25) is 0 Å². The summed E-state index contributed by atoms with van der Waals surface area (Å²) in [7, 11) is 0. The Morgan fingerprint density at radius 1 is 1.14 bits per heavy atom. The van der Waals surface area contributed by atoms with Gasteiger partial charge >= 0.3 is 0 Å². The van der Waals surface area contributed by atoms with Crippen LogP contribution in [0.15, 0.2) is 40.9 Å². The topological polar surface area (TPSA) is 12.0 Å². The number of halogens is 4. The molecule has 0 radical (unpaired) electrons. The van der Waals surface area contributed by atoms with Crippen molar-refractivity contribution in [1.29, 1.82) is 0 Å². The highest BCUT2D eigenvalue weighted by atomic mass is 127. The largest absolute Gasteiger partial charge is 0.306 e. The lowest BCUT2D eigenvalue weighted by molar-refractivity contribution is 0.558. The molecule has 0 aliphatic rings. The van der Waals surface area contributed by atoms with Crippen molar-refractivity contribution < 1.29 is 8.78 Å². The van der Waals surface area contributed by atoms with Crippen LogP contribution in [0.5, 0.6) is 0 Å². The first-order valence-corrected chi connectivity index (χ1v) is 8.52. The van der Waals surface area contributed by atoms with Gasteiger partial charge in [-0.3, -0.25) is 0 Å². The van der Waals surface area contributed by atoms with Gasteiger partial charge < -0.3 is 5.32 Å². The lowest BCUT2D eigenvalue weighted by Crippen LogP contribution is -2.24. The van der Waals surface area contributed by atoms with Gasteiger partial charge in [-0.05, 0) is 77.0 Å². The Labute approximate surface area is 145 Å². The third-order valence-corrected chi connectivity index (χ3v) is 4.48. The van der Waals surface area contributed by atoms with Crippen LogP contribution in [0.4, 0.5) is 8.78 Å². The molecule has 0 saturated carbocycles. The first kappa shape index (κ1) is 16.8. The molecule has 0 spiro atoms. The Morgan fingerprint density at radius 3 is 2.43 bits per heavy atom. The first-order valence-electron chi connectivity index (χ1n) is 6.65. The van der Waals surface area contributed by atoms with E-state index < -0.39 is 11.6 Å². The van der Waals surface area contributed by atoms with Crippen molar-refractivity contribution in [2.24, 2.45) is 0 Å². The van der Waals surface area contributed by atoms with Crippen LogP contribution < -0.4 is 5.32 Å². The Balaban J connectivity index is 2.49. The Hall–Kier alpha value is -0.530. The molecule has 1 atom stereocenters. The highest BCUT2D eigenvalue weighted by Gasteiger charge is 2.18. The number of hydrogen-bond donors (Lipinski definition) is 1. The molecule has 2 rings (SSSR count). The maximum Gasteiger partial charge on any atom is 0.126 e. The summed E-state index contributed by atoms with van der Waals surface area (Å²) in [6.07, 6.45) is 0.940. The van der Waals surface area contributed by atoms with Gasteiger partial charge in [-0.25, -0.2) is 8.78 Å². The molecule has 0 heterocycles. The predicted molar refractivity (Wildman–Crippen MR) is 93.4 cm³/mol. The van der Waals surface area contributed by atoms with E-state index >= 15 is 0 Å². The minimum atomic E-state index is -0.560. The van der Waals surface area contributed by atoms with Gasteiger partial charge in [0.25, 0.3) is 0 Å². The average Bonchev–Trinajstić information content (AvgIpc) is 2.42. The van der Waals surface area contributed by atoms with Crippen LogP contribution in [-0.2, 0) is 0 Å². The third-order valence-electron chi connectivity index (χ3n) is 3.09. The van der Waals surface area contributed by atoms with E-state index in [4.69, 9.17) is 0 Å². The fourth-order valence-corrected chi connectivity index (χ4v) is 3.16. The highest BCUT2D eigenvalue weighted by Crippen LogP contribution is 2.31. The molecule has 0 amide bonds. The molecule has 0 aliphatic heterocycles. The van der Waals surface area contributed by atoms with Gasteiger partial charge in [0, 0.05) is 14.1 Å². The lowest BCUT2D eigenvalue weighted by atomic mass is 9.98. The van der Waals surface area contributed by atoms with Gasteiger partial charge in [-0.15, -0.1) is 0 Å². The molecule has 112 valence electrons. The molecule has 0 fully saturated rings. The Bertz CT molecular complexity index is 613. The fourth-order valence-electron chi connectivity index (χ4n) is 2.17. The van der Waals surface area contributed by atoms with Crippen LogP contribution in [0.1, 0.15) is 30.5 Å². The zero-order valence-corrected chi connectivity index (χ0v) is 15.2. The molecule has 2 aromatic carbocycles. The van der Waals surface area contributed by atoms with Crippen molar-refractivity contribution in [3.63, 3.8) is 0 Å². The van der Waals surface area contributed by atoms with Crippen molar-refractivity contribution in [3.8, 4) is 0 Å². The quantitative estimate of drug-likeness (QED) is 0.581. The molecule has 0 aromatic heterocycles. The standard InChI is InChI=1S/C16H15BrF2IN/c1-2-5-21-16(10-6-11(18)8-12(19)7-10)14-9-13(20)3-4-15(14)17/h3-4,6-9,16,21H,2,5H2,1H3. The molecular weight excluding hydrogens is 451 g/mol. The van der Waals surface area contributed by atoms with Crippen LogP contribution in [-0.4, -0.2) is 6.54 Å². The Kier molecular flexibility index (Phi) is 6.13. The molecule has 0 aliphatic carbocycles. The van der Waals surface area contributed by atoms with E-state index in [1.54, 1.807) is 0 Å². The smallest absolute Gasteiger partial charge is 0.126 e. The van der Waals surface area contributed by atoms with Crippen molar-refractivity contribution in [1.82, 2.24) is 5.32 Å². The molecular formula is C16H15BrF2IN. The summed E-state index contributed by atoms with van der Waals surface area (Å²) >= 11 is 5.76.